The summed E-state index contributed by atoms with van der Waals surface area (Å²) in [5.41, 5.74) is 2.07. The third-order valence-corrected chi connectivity index (χ3v) is 10.1. The van der Waals surface area contributed by atoms with Gasteiger partial charge in [0, 0.05) is 5.56 Å². The monoisotopic (exact) mass is 622 g/mol. The second-order valence-corrected chi connectivity index (χ2v) is 14.7. The molecule has 1 aliphatic heterocycles. The number of rotatable bonds is 10. The average molecular weight is 623 g/mol. The predicted octanol–water partition coefficient (Wildman–Crippen LogP) is 7.35. The van der Waals surface area contributed by atoms with Crippen LogP contribution in [0, 0.1) is 0 Å². The molecule has 0 spiro atoms. The van der Waals surface area contributed by atoms with Crippen molar-refractivity contribution in [3.63, 3.8) is 0 Å². The number of amides is 1. The summed E-state index contributed by atoms with van der Waals surface area (Å²) in [6.45, 7) is 11.6. The summed E-state index contributed by atoms with van der Waals surface area (Å²) in [7, 11) is -1.71. The van der Waals surface area contributed by atoms with E-state index in [-0.39, 0.29) is 24.9 Å². The Morgan fingerprint density at radius 2 is 1.33 bits per heavy atom. The Hall–Kier alpha value is -4.07. The fraction of sp³-hybridized carbons (Fsp3) is 0.316. The van der Waals surface area contributed by atoms with E-state index < -0.39 is 32.8 Å². The third-order valence-electron chi connectivity index (χ3n) is 8.40. The number of hydrogen-bond acceptors (Lipinski definition) is 4. The molecular weight excluding hydrogens is 580 g/mol. The molecule has 0 saturated heterocycles. The minimum absolute atomic E-state index is 0.148. The van der Waals surface area contributed by atoms with Crippen LogP contribution in [0.15, 0.2) is 109 Å². The molecule has 0 bridgehead atoms. The molecular formula is C38H42N2O4S. The van der Waals surface area contributed by atoms with Gasteiger partial charge in [0.05, 0.1) is 34.4 Å². The molecule has 0 unspecified atom stereocenters. The van der Waals surface area contributed by atoms with E-state index in [4.69, 9.17) is 4.74 Å². The Labute approximate surface area is 269 Å². The van der Waals surface area contributed by atoms with Crippen molar-refractivity contribution in [3.8, 4) is 0 Å². The molecule has 0 radical (unpaired) electrons. The van der Waals surface area contributed by atoms with Crippen LogP contribution in [-0.2, 0) is 36.4 Å². The maximum atomic E-state index is 15.7. The number of ether oxygens (including phenoxy) is 1. The molecule has 4 aromatic rings. The summed E-state index contributed by atoms with van der Waals surface area (Å²) in [4.78, 5) is 30.9. The summed E-state index contributed by atoms with van der Waals surface area (Å²) >= 11 is 0. The highest BCUT2D eigenvalue weighted by Gasteiger charge is 2.60. The number of nitrogens with one attached hydrogen (secondary N) is 1. The lowest BCUT2D eigenvalue weighted by atomic mass is 9.75. The molecule has 1 heterocycles. The smallest absolute Gasteiger partial charge is 0.308 e. The van der Waals surface area contributed by atoms with Gasteiger partial charge in [-0.15, -0.1) is 0 Å². The molecule has 4 aromatic carbocycles. The van der Waals surface area contributed by atoms with Crippen molar-refractivity contribution in [2.24, 2.45) is 0 Å². The second-order valence-electron chi connectivity index (χ2n) is 12.8. The first kappa shape index (κ1) is 32.3. The van der Waals surface area contributed by atoms with E-state index >= 15 is 4.79 Å². The predicted molar refractivity (Wildman–Crippen MR) is 181 cm³/mol. The maximum absolute atomic E-state index is 15.7. The minimum Gasteiger partial charge on any atom is -0.466 e. The normalized spacial score (nSPS) is 17.3. The molecule has 6 nitrogen and oxygen atoms in total. The molecule has 0 aliphatic carbocycles. The second kappa shape index (κ2) is 12.7. The number of carbonyl (C=O) groups is 2. The standard InChI is InChI=1S/C38H42N2O4S/c1-7-44-34(41)26-37(39-45(43)36(4,5)6)32-25-28(27(2)3)23-24-33(32)40(35(37)42)38(29-17-11-8-12-18-29,30-19-13-9-14-20-30)31-21-15-10-16-22-31/h8-25,27,39H,7,26H2,1-6H3/t37-,45+/m0/s1. The van der Waals surface area contributed by atoms with Gasteiger partial charge in [-0.05, 0) is 61.9 Å². The number of benzene rings is 4. The number of hydrogen-bond donors (Lipinski definition) is 1. The molecule has 45 heavy (non-hydrogen) atoms. The fourth-order valence-corrected chi connectivity index (χ4v) is 7.06. The molecule has 5 rings (SSSR count). The fourth-order valence-electron chi connectivity index (χ4n) is 6.17. The number of fused-ring (bicyclic) bond motifs is 1. The molecule has 234 valence electrons. The number of nitrogens with zero attached hydrogens (tertiary/aromatic N) is 1. The molecule has 2 atom stereocenters. The molecule has 1 aliphatic rings. The van der Waals surface area contributed by atoms with Crippen molar-refractivity contribution in [2.45, 2.75) is 69.7 Å². The summed E-state index contributed by atoms with van der Waals surface area (Å²) in [6, 6.07) is 35.9. The molecule has 1 amide bonds. The Kier molecular flexibility index (Phi) is 9.15. The Balaban J connectivity index is 1.92. The Morgan fingerprint density at radius 3 is 1.76 bits per heavy atom. The lowest BCUT2D eigenvalue weighted by Crippen LogP contribution is -2.59. The van der Waals surface area contributed by atoms with Gasteiger partial charge in [0.1, 0.15) is 11.1 Å². The van der Waals surface area contributed by atoms with Gasteiger partial charge in [-0.2, -0.15) is 0 Å². The number of anilines is 1. The lowest BCUT2D eigenvalue weighted by molar-refractivity contribution is -0.147. The van der Waals surface area contributed by atoms with Crippen molar-refractivity contribution in [1.82, 2.24) is 4.72 Å². The molecule has 7 heteroatoms. The third kappa shape index (κ3) is 5.75. The van der Waals surface area contributed by atoms with Crippen molar-refractivity contribution in [2.75, 3.05) is 11.5 Å². The van der Waals surface area contributed by atoms with Crippen LogP contribution in [0.25, 0.3) is 0 Å². The van der Waals surface area contributed by atoms with E-state index in [1.54, 1.807) is 6.92 Å². The van der Waals surface area contributed by atoms with Gasteiger partial charge in [-0.25, -0.2) is 8.93 Å². The highest BCUT2D eigenvalue weighted by atomic mass is 32.2. The van der Waals surface area contributed by atoms with Gasteiger partial charge in [0.25, 0.3) is 5.91 Å². The van der Waals surface area contributed by atoms with Gasteiger partial charge in [-0.1, -0.05) is 117 Å². The summed E-state index contributed by atoms with van der Waals surface area (Å²) < 4.78 is 22.0. The van der Waals surface area contributed by atoms with Crippen LogP contribution in [0.4, 0.5) is 5.69 Å². The van der Waals surface area contributed by atoms with Crippen LogP contribution in [0.2, 0.25) is 0 Å². The van der Waals surface area contributed by atoms with Crippen LogP contribution in [0.5, 0.6) is 0 Å². The minimum atomic E-state index is -1.71. The van der Waals surface area contributed by atoms with Crippen LogP contribution in [-0.4, -0.2) is 27.4 Å². The topological polar surface area (TPSA) is 75.7 Å². The van der Waals surface area contributed by atoms with Crippen LogP contribution >= 0.6 is 0 Å². The van der Waals surface area contributed by atoms with Gasteiger partial charge in [-0.3, -0.25) is 14.5 Å². The lowest BCUT2D eigenvalue weighted by Gasteiger charge is -2.45. The molecule has 0 saturated carbocycles. The zero-order valence-electron chi connectivity index (χ0n) is 26.9. The van der Waals surface area contributed by atoms with Gasteiger partial charge < -0.3 is 4.74 Å². The maximum Gasteiger partial charge on any atom is 0.308 e. The van der Waals surface area contributed by atoms with Gasteiger partial charge in [0.2, 0.25) is 0 Å². The zero-order valence-corrected chi connectivity index (χ0v) is 27.7. The van der Waals surface area contributed by atoms with Crippen LogP contribution in [0.1, 0.15) is 81.7 Å². The van der Waals surface area contributed by atoms with E-state index in [2.05, 4.69) is 18.6 Å². The first-order valence-corrected chi connectivity index (χ1v) is 16.6. The van der Waals surface area contributed by atoms with E-state index in [0.29, 0.717) is 11.3 Å². The highest BCUT2D eigenvalue weighted by molar-refractivity contribution is 7.84. The van der Waals surface area contributed by atoms with Crippen molar-refractivity contribution < 1.29 is 18.5 Å². The molecule has 0 aromatic heterocycles. The summed E-state index contributed by atoms with van der Waals surface area (Å²) in [5.74, 6) is -0.771. The van der Waals surface area contributed by atoms with E-state index in [1.807, 2.05) is 135 Å². The summed E-state index contributed by atoms with van der Waals surface area (Å²) in [5, 5.41) is 0. The highest BCUT2D eigenvalue weighted by Crippen LogP contribution is 2.54. The van der Waals surface area contributed by atoms with Crippen molar-refractivity contribution in [1.29, 1.82) is 0 Å². The summed E-state index contributed by atoms with van der Waals surface area (Å²) in [6.07, 6.45) is -0.318. The van der Waals surface area contributed by atoms with Crippen molar-refractivity contribution >= 4 is 28.5 Å². The van der Waals surface area contributed by atoms with E-state index in [1.165, 1.54) is 0 Å². The molecule has 0 fully saturated rings. The first-order valence-electron chi connectivity index (χ1n) is 15.5. The zero-order chi connectivity index (χ0) is 32.4. The SMILES string of the molecule is CCOC(=O)C[C@@]1(N[S@](=O)C(C)(C)C)C(=O)N(C(c2ccccc2)(c2ccccc2)c2ccccc2)c2ccc(C(C)C)cc21. The number of carbonyl (C=O) groups excluding carboxylic acids is 2. The van der Waals surface area contributed by atoms with Crippen molar-refractivity contribution in [3.05, 3.63) is 137 Å². The number of esters is 1. The first-order chi connectivity index (χ1) is 21.5. The van der Waals surface area contributed by atoms with Gasteiger partial charge in [0.15, 0.2) is 0 Å². The van der Waals surface area contributed by atoms with Gasteiger partial charge >= 0.3 is 5.97 Å². The Morgan fingerprint density at radius 1 is 0.844 bits per heavy atom. The van der Waals surface area contributed by atoms with Crippen LogP contribution in [0.3, 0.4) is 0 Å². The van der Waals surface area contributed by atoms with E-state index in [0.717, 1.165) is 22.3 Å². The van der Waals surface area contributed by atoms with Crippen LogP contribution < -0.4 is 9.62 Å². The Bertz CT molecular complexity index is 1590. The molecule has 1 N–H and O–H groups in total. The largest absolute Gasteiger partial charge is 0.466 e. The van der Waals surface area contributed by atoms with E-state index in [9.17, 15) is 9.00 Å². The average Bonchev–Trinajstić information content (AvgIpc) is 3.25. The quantitative estimate of drug-likeness (QED) is 0.148.